The van der Waals surface area contributed by atoms with Crippen LogP contribution >= 0.6 is 0 Å². The predicted octanol–water partition coefficient (Wildman–Crippen LogP) is 2.56. The molecule has 4 nitrogen and oxygen atoms in total. The second kappa shape index (κ2) is 5.61. The summed E-state index contributed by atoms with van der Waals surface area (Å²) in [5.74, 6) is -1.40. The van der Waals surface area contributed by atoms with E-state index in [4.69, 9.17) is 4.74 Å². The lowest BCUT2D eigenvalue weighted by molar-refractivity contribution is -0.147. The van der Waals surface area contributed by atoms with Crippen LogP contribution in [0, 0.1) is 0 Å². The minimum absolute atomic E-state index is 0.522. The van der Waals surface area contributed by atoms with Crippen LogP contribution in [0.3, 0.4) is 0 Å². The van der Waals surface area contributed by atoms with E-state index in [-0.39, 0.29) is 0 Å². The lowest BCUT2D eigenvalue weighted by Crippen LogP contribution is -2.42. The van der Waals surface area contributed by atoms with Gasteiger partial charge in [-0.1, -0.05) is 37.5 Å². The van der Waals surface area contributed by atoms with Gasteiger partial charge in [-0.15, -0.1) is 0 Å². The van der Waals surface area contributed by atoms with Crippen LogP contribution in [0.5, 0.6) is 5.75 Å². The van der Waals surface area contributed by atoms with Crippen LogP contribution in [-0.2, 0) is 4.79 Å². The number of para-hydroxylation sites is 1. The molecule has 1 aromatic carbocycles. The number of carboxylic acids is 1. The SMILES string of the molecule is COc1ccccc1C(C(=O)O)C1(O)CCCCC1. The minimum atomic E-state index is -1.17. The number of hydrogen-bond acceptors (Lipinski definition) is 3. The number of ether oxygens (including phenoxy) is 1. The first kappa shape index (κ1) is 13.9. The molecule has 0 radical (unpaired) electrons. The van der Waals surface area contributed by atoms with Crippen LogP contribution in [0.25, 0.3) is 0 Å². The van der Waals surface area contributed by atoms with Crippen molar-refractivity contribution < 1.29 is 19.7 Å². The van der Waals surface area contributed by atoms with Gasteiger partial charge in [0.1, 0.15) is 11.7 Å². The molecular weight excluding hydrogens is 244 g/mol. The molecule has 0 spiro atoms. The molecule has 0 bridgehead atoms. The van der Waals surface area contributed by atoms with Crippen molar-refractivity contribution in [1.29, 1.82) is 0 Å². The zero-order chi connectivity index (χ0) is 13.9. The second-order valence-corrected chi connectivity index (χ2v) is 5.18. The van der Waals surface area contributed by atoms with Gasteiger partial charge in [0.05, 0.1) is 12.7 Å². The molecule has 0 aliphatic heterocycles. The van der Waals surface area contributed by atoms with E-state index in [1.165, 1.54) is 7.11 Å². The quantitative estimate of drug-likeness (QED) is 0.877. The number of aliphatic hydroxyl groups is 1. The average molecular weight is 264 g/mol. The van der Waals surface area contributed by atoms with Crippen molar-refractivity contribution in [2.24, 2.45) is 0 Å². The molecule has 1 aliphatic rings. The molecule has 104 valence electrons. The molecule has 1 unspecified atom stereocenters. The van der Waals surface area contributed by atoms with Gasteiger partial charge in [-0.2, -0.15) is 0 Å². The lowest BCUT2D eigenvalue weighted by Gasteiger charge is -2.37. The maximum atomic E-state index is 11.7. The Morgan fingerprint density at radius 2 is 1.89 bits per heavy atom. The fourth-order valence-electron chi connectivity index (χ4n) is 3.01. The third-order valence-corrected chi connectivity index (χ3v) is 3.95. The van der Waals surface area contributed by atoms with Gasteiger partial charge < -0.3 is 14.9 Å². The van der Waals surface area contributed by atoms with Gasteiger partial charge in [-0.25, -0.2) is 0 Å². The molecule has 0 saturated heterocycles. The Hall–Kier alpha value is -1.55. The number of carboxylic acid groups (broad SMARTS) is 1. The fourth-order valence-corrected chi connectivity index (χ4v) is 3.01. The smallest absolute Gasteiger partial charge is 0.314 e. The summed E-state index contributed by atoms with van der Waals surface area (Å²) in [6.45, 7) is 0. The molecule has 1 aliphatic carbocycles. The van der Waals surface area contributed by atoms with Crippen LogP contribution in [0.15, 0.2) is 24.3 Å². The maximum Gasteiger partial charge on any atom is 0.314 e. The van der Waals surface area contributed by atoms with Crippen molar-refractivity contribution in [2.45, 2.75) is 43.6 Å². The molecule has 0 heterocycles. The highest BCUT2D eigenvalue weighted by atomic mass is 16.5. The van der Waals surface area contributed by atoms with E-state index >= 15 is 0 Å². The lowest BCUT2D eigenvalue weighted by atomic mass is 9.72. The molecule has 0 aromatic heterocycles. The Kier molecular flexibility index (Phi) is 4.10. The number of rotatable bonds is 4. The van der Waals surface area contributed by atoms with Crippen molar-refractivity contribution in [3.05, 3.63) is 29.8 Å². The fraction of sp³-hybridized carbons (Fsp3) is 0.533. The monoisotopic (exact) mass is 264 g/mol. The van der Waals surface area contributed by atoms with E-state index in [1.807, 2.05) is 0 Å². The predicted molar refractivity (Wildman–Crippen MR) is 71.4 cm³/mol. The van der Waals surface area contributed by atoms with Gasteiger partial charge in [0.15, 0.2) is 0 Å². The molecule has 4 heteroatoms. The molecular formula is C15H20O4. The Labute approximate surface area is 113 Å². The van der Waals surface area contributed by atoms with E-state index in [0.29, 0.717) is 24.2 Å². The van der Waals surface area contributed by atoms with Gasteiger partial charge in [0, 0.05) is 5.56 Å². The summed E-state index contributed by atoms with van der Waals surface area (Å²) in [4.78, 5) is 11.7. The normalized spacial score (nSPS) is 19.7. The van der Waals surface area contributed by atoms with Crippen LogP contribution in [0.2, 0.25) is 0 Å². The first-order valence-electron chi connectivity index (χ1n) is 6.66. The summed E-state index contributed by atoms with van der Waals surface area (Å²) < 4.78 is 5.24. The first-order valence-corrected chi connectivity index (χ1v) is 6.66. The van der Waals surface area contributed by atoms with Gasteiger partial charge in [-0.3, -0.25) is 4.79 Å². The highest BCUT2D eigenvalue weighted by molar-refractivity contribution is 5.79. The summed E-state index contributed by atoms with van der Waals surface area (Å²) in [6, 6.07) is 7.04. The van der Waals surface area contributed by atoms with E-state index in [0.717, 1.165) is 19.3 Å². The van der Waals surface area contributed by atoms with Gasteiger partial charge in [0.2, 0.25) is 0 Å². The number of carbonyl (C=O) groups is 1. The number of hydrogen-bond donors (Lipinski definition) is 2. The molecule has 1 saturated carbocycles. The zero-order valence-electron chi connectivity index (χ0n) is 11.1. The summed E-state index contributed by atoms with van der Waals surface area (Å²) >= 11 is 0. The Morgan fingerprint density at radius 1 is 1.26 bits per heavy atom. The standard InChI is InChI=1S/C15H20O4/c1-19-12-8-4-3-7-11(12)13(14(16)17)15(18)9-5-2-6-10-15/h3-4,7-8,13,18H,2,5-6,9-10H2,1H3,(H,16,17). The summed E-state index contributed by atoms with van der Waals surface area (Å²) in [5.41, 5.74) is -0.611. The minimum Gasteiger partial charge on any atom is -0.496 e. The molecule has 0 amide bonds. The van der Waals surface area contributed by atoms with E-state index in [2.05, 4.69) is 0 Å². The van der Waals surface area contributed by atoms with Gasteiger partial charge in [0.25, 0.3) is 0 Å². The zero-order valence-corrected chi connectivity index (χ0v) is 11.1. The van der Waals surface area contributed by atoms with E-state index < -0.39 is 17.5 Å². The topological polar surface area (TPSA) is 66.8 Å². The molecule has 1 aromatic rings. The summed E-state index contributed by atoms with van der Waals surface area (Å²) in [5, 5.41) is 20.3. The van der Waals surface area contributed by atoms with Crippen LogP contribution in [0.4, 0.5) is 0 Å². The Morgan fingerprint density at radius 3 is 2.47 bits per heavy atom. The third kappa shape index (κ3) is 2.73. The van der Waals surface area contributed by atoms with Gasteiger partial charge in [-0.05, 0) is 18.9 Å². The molecule has 2 N–H and O–H groups in total. The van der Waals surface area contributed by atoms with Crippen LogP contribution in [0.1, 0.15) is 43.6 Å². The number of methoxy groups -OCH3 is 1. The number of aliphatic carboxylic acids is 1. The summed E-state index contributed by atoms with van der Waals surface area (Å²) in [6.07, 6.45) is 3.86. The molecule has 19 heavy (non-hydrogen) atoms. The highest BCUT2D eigenvalue weighted by Gasteiger charge is 2.44. The largest absolute Gasteiger partial charge is 0.496 e. The average Bonchev–Trinajstić information content (AvgIpc) is 2.39. The van der Waals surface area contributed by atoms with Crippen molar-refractivity contribution in [2.75, 3.05) is 7.11 Å². The van der Waals surface area contributed by atoms with Gasteiger partial charge >= 0.3 is 5.97 Å². The van der Waals surface area contributed by atoms with Crippen LogP contribution < -0.4 is 4.74 Å². The van der Waals surface area contributed by atoms with Crippen LogP contribution in [-0.4, -0.2) is 28.9 Å². The molecule has 2 rings (SSSR count). The van der Waals surface area contributed by atoms with E-state index in [1.54, 1.807) is 24.3 Å². The third-order valence-electron chi connectivity index (χ3n) is 3.95. The van der Waals surface area contributed by atoms with Crippen molar-refractivity contribution in [3.63, 3.8) is 0 Å². The highest BCUT2D eigenvalue weighted by Crippen LogP contribution is 2.42. The number of benzene rings is 1. The van der Waals surface area contributed by atoms with Crippen molar-refractivity contribution in [1.82, 2.24) is 0 Å². The summed E-state index contributed by atoms with van der Waals surface area (Å²) in [7, 11) is 1.52. The molecule has 1 fully saturated rings. The van der Waals surface area contributed by atoms with E-state index in [9.17, 15) is 15.0 Å². The second-order valence-electron chi connectivity index (χ2n) is 5.18. The van der Waals surface area contributed by atoms with Crippen molar-refractivity contribution in [3.8, 4) is 5.75 Å². The Bertz CT molecular complexity index is 449. The molecule has 1 atom stereocenters. The first-order chi connectivity index (χ1) is 9.08. The van der Waals surface area contributed by atoms with Crippen molar-refractivity contribution >= 4 is 5.97 Å². The maximum absolute atomic E-state index is 11.7. The Balaban J connectivity index is 2.42.